The zero-order chi connectivity index (χ0) is 22.3. The Balaban J connectivity index is 2.23. The molecule has 1 aromatic rings. The van der Waals surface area contributed by atoms with Gasteiger partial charge in [0.05, 0.1) is 6.61 Å². The molecule has 1 fully saturated rings. The van der Waals surface area contributed by atoms with Gasteiger partial charge in [0.1, 0.15) is 4.75 Å². The van der Waals surface area contributed by atoms with Crippen LogP contribution in [0.1, 0.15) is 78.4 Å². The Morgan fingerprint density at radius 2 is 2.07 bits per heavy atom. The number of halogens is 1. The van der Waals surface area contributed by atoms with Gasteiger partial charge in [-0.2, -0.15) is 0 Å². The van der Waals surface area contributed by atoms with E-state index in [9.17, 15) is 9.35 Å². The molecule has 0 bridgehead atoms. The van der Waals surface area contributed by atoms with Crippen LogP contribution in [-0.4, -0.2) is 21.9 Å². The quantitative estimate of drug-likeness (QED) is 0.421. The molecule has 1 spiro atoms. The van der Waals surface area contributed by atoms with Crippen LogP contribution in [0.25, 0.3) is 0 Å². The van der Waals surface area contributed by atoms with E-state index in [4.69, 9.17) is 4.74 Å². The molecule has 168 valence electrons. The summed E-state index contributed by atoms with van der Waals surface area (Å²) in [5, 5.41) is 0. The first-order valence-electron chi connectivity index (χ1n) is 11.2. The second-order valence-corrected chi connectivity index (χ2v) is 13.0. The number of carbonyl (C=O) groups is 1. The Labute approximate surface area is 193 Å². The second kappa shape index (κ2) is 8.76. The van der Waals surface area contributed by atoms with Gasteiger partial charge in [-0.15, -0.1) is 4.72 Å². The number of benzene rings is 1. The van der Waals surface area contributed by atoms with E-state index in [-0.39, 0.29) is 11.4 Å². The summed E-state index contributed by atoms with van der Waals surface area (Å²) in [6.45, 7) is 12.5. The lowest BCUT2D eigenvalue weighted by Crippen LogP contribution is -2.64. The predicted molar refractivity (Wildman–Crippen MR) is 126 cm³/mol. The zero-order valence-electron chi connectivity index (χ0n) is 19.1. The van der Waals surface area contributed by atoms with E-state index in [1.807, 2.05) is 39.8 Å². The fourth-order valence-corrected chi connectivity index (χ4v) is 6.85. The number of hydrogen-bond donors (Lipinski definition) is 1. The summed E-state index contributed by atoms with van der Waals surface area (Å²) in [5.74, 6) is 0.878. The lowest BCUT2D eigenvalue weighted by atomic mass is 9.57. The standard InChI is InChI=1S/C24H36BrNO3S/c1-7-17-14-23(12-11-16(17)3)15-18-9-10-19(25)13-20(18)24(23,21(27)29-8-2)26-30(28)22(4,5)6/h9-10,13,16-17,26H,7-8,11-12,14-15H2,1-6H3/t16-,17-,23-,24+,30?/m0/s1. The van der Waals surface area contributed by atoms with Crippen LogP contribution >= 0.6 is 15.9 Å². The van der Waals surface area contributed by atoms with Crippen LogP contribution in [0.5, 0.6) is 0 Å². The third-order valence-corrected chi connectivity index (χ3v) is 9.34. The van der Waals surface area contributed by atoms with Crippen LogP contribution < -0.4 is 4.72 Å². The van der Waals surface area contributed by atoms with Crippen molar-refractivity contribution in [2.24, 2.45) is 17.3 Å². The molecule has 0 radical (unpaired) electrons. The first-order valence-corrected chi connectivity index (χ1v) is 13.1. The highest BCUT2D eigenvalue weighted by Gasteiger charge is 2.67. The van der Waals surface area contributed by atoms with Crippen LogP contribution in [0.4, 0.5) is 0 Å². The molecule has 0 heterocycles. The average molecular weight is 499 g/mol. The molecule has 1 aromatic carbocycles. The molecule has 1 saturated carbocycles. The molecule has 6 heteroatoms. The zero-order valence-corrected chi connectivity index (χ0v) is 21.5. The molecule has 1 unspecified atom stereocenters. The first-order chi connectivity index (χ1) is 14.0. The lowest BCUT2D eigenvalue weighted by molar-refractivity contribution is -0.159. The molecule has 30 heavy (non-hydrogen) atoms. The number of esters is 1. The monoisotopic (exact) mass is 497 g/mol. The molecule has 2 aliphatic rings. The Morgan fingerprint density at radius 3 is 2.67 bits per heavy atom. The van der Waals surface area contributed by atoms with Crippen LogP contribution in [0.2, 0.25) is 0 Å². The topological polar surface area (TPSA) is 61.4 Å². The van der Waals surface area contributed by atoms with E-state index < -0.39 is 21.6 Å². The van der Waals surface area contributed by atoms with Crippen molar-refractivity contribution < 1.29 is 14.1 Å². The van der Waals surface area contributed by atoms with Crippen molar-refractivity contribution in [2.45, 2.75) is 83.9 Å². The lowest BCUT2D eigenvalue weighted by Gasteiger charge is -2.50. The number of hydrogen-bond acceptors (Lipinski definition) is 4. The van der Waals surface area contributed by atoms with E-state index in [2.05, 4.69) is 40.6 Å². The molecular weight excluding hydrogens is 462 g/mol. The van der Waals surface area contributed by atoms with E-state index in [0.29, 0.717) is 18.4 Å². The van der Waals surface area contributed by atoms with Crippen LogP contribution in [0, 0.1) is 17.3 Å². The summed E-state index contributed by atoms with van der Waals surface area (Å²) in [6.07, 6.45) is 4.82. The van der Waals surface area contributed by atoms with Crippen molar-refractivity contribution in [3.05, 3.63) is 33.8 Å². The largest absolute Gasteiger partial charge is 0.598 e. The van der Waals surface area contributed by atoms with Gasteiger partial charge in [0, 0.05) is 21.2 Å². The van der Waals surface area contributed by atoms with Crippen molar-refractivity contribution in [1.29, 1.82) is 0 Å². The minimum absolute atomic E-state index is 0.288. The summed E-state index contributed by atoms with van der Waals surface area (Å²) in [4.78, 5) is 13.8. The van der Waals surface area contributed by atoms with Gasteiger partial charge in [-0.25, -0.2) is 4.79 Å². The molecule has 3 rings (SSSR count). The molecule has 4 nitrogen and oxygen atoms in total. The number of carbonyl (C=O) groups excluding carboxylic acids is 1. The smallest absolute Gasteiger partial charge is 0.336 e. The van der Waals surface area contributed by atoms with Crippen molar-refractivity contribution in [3.63, 3.8) is 0 Å². The van der Waals surface area contributed by atoms with Crippen molar-refractivity contribution >= 4 is 33.3 Å². The summed E-state index contributed by atoms with van der Waals surface area (Å²) < 4.78 is 23.0. The Hall–Kier alpha value is -0.560. The number of rotatable bonds is 5. The highest BCUT2D eigenvalue weighted by Crippen LogP contribution is 2.61. The SMILES string of the molecule is CCOC(=O)[C@]1(N[S+]([O-])C(C)(C)C)c2cc(Br)ccc2C[C@@]12CC[C@H](C)[C@@H](CC)C2. The number of fused-ring (bicyclic) bond motifs is 1. The van der Waals surface area contributed by atoms with Crippen molar-refractivity contribution in [1.82, 2.24) is 4.72 Å². The Bertz CT molecular complexity index is 795. The first kappa shape index (κ1) is 24.1. The Morgan fingerprint density at radius 1 is 1.37 bits per heavy atom. The molecule has 2 aliphatic carbocycles. The summed E-state index contributed by atoms with van der Waals surface area (Å²) in [7, 11) is 0. The minimum atomic E-state index is -1.42. The highest BCUT2D eigenvalue weighted by molar-refractivity contribution is 9.10. The highest BCUT2D eigenvalue weighted by atomic mass is 79.9. The average Bonchev–Trinajstić information content (AvgIpc) is 2.93. The van der Waals surface area contributed by atoms with Crippen LogP contribution in [0.15, 0.2) is 22.7 Å². The van der Waals surface area contributed by atoms with E-state index >= 15 is 0 Å². The summed E-state index contributed by atoms with van der Waals surface area (Å²) >= 11 is 2.18. The summed E-state index contributed by atoms with van der Waals surface area (Å²) in [5.41, 5.74) is 0.649. The predicted octanol–water partition coefficient (Wildman–Crippen LogP) is 5.65. The van der Waals surface area contributed by atoms with E-state index in [1.165, 1.54) is 0 Å². The number of nitrogens with one attached hydrogen (secondary N) is 1. The fraction of sp³-hybridized carbons (Fsp3) is 0.708. The van der Waals surface area contributed by atoms with Crippen molar-refractivity contribution in [3.8, 4) is 0 Å². The maximum Gasteiger partial charge on any atom is 0.336 e. The normalized spacial score (nSPS) is 32.1. The fourth-order valence-electron chi connectivity index (χ4n) is 5.49. The molecule has 1 N–H and O–H groups in total. The van der Waals surface area contributed by atoms with E-state index in [0.717, 1.165) is 47.7 Å². The second-order valence-electron chi connectivity index (χ2n) is 10.1. The van der Waals surface area contributed by atoms with Gasteiger partial charge >= 0.3 is 5.97 Å². The van der Waals surface area contributed by atoms with Crippen LogP contribution in [-0.2, 0) is 32.9 Å². The van der Waals surface area contributed by atoms with Gasteiger partial charge in [0.25, 0.3) is 0 Å². The molecular formula is C24H36BrNO3S. The third kappa shape index (κ3) is 3.98. The molecule has 0 aliphatic heterocycles. The van der Waals surface area contributed by atoms with Gasteiger partial charge in [0.2, 0.25) is 0 Å². The van der Waals surface area contributed by atoms with Gasteiger partial charge in [-0.1, -0.05) is 42.3 Å². The maximum absolute atomic E-state index is 13.8. The van der Waals surface area contributed by atoms with Gasteiger partial charge in [0.15, 0.2) is 5.54 Å². The van der Waals surface area contributed by atoms with Crippen LogP contribution in [0.3, 0.4) is 0 Å². The summed E-state index contributed by atoms with van der Waals surface area (Å²) in [6, 6.07) is 6.19. The van der Waals surface area contributed by atoms with E-state index in [1.54, 1.807) is 0 Å². The molecule has 0 aromatic heterocycles. The number of ether oxygens (including phenoxy) is 1. The minimum Gasteiger partial charge on any atom is -0.598 e. The van der Waals surface area contributed by atoms with Gasteiger partial charge < -0.3 is 9.29 Å². The maximum atomic E-state index is 13.8. The van der Waals surface area contributed by atoms with Gasteiger partial charge in [-0.05, 0) is 88.5 Å². The molecule has 0 amide bonds. The third-order valence-electron chi connectivity index (χ3n) is 7.24. The Kier molecular flexibility index (Phi) is 7.03. The van der Waals surface area contributed by atoms with Gasteiger partial charge in [-0.3, -0.25) is 0 Å². The molecule has 5 atom stereocenters. The molecule has 0 saturated heterocycles. The van der Waals surface area contributed by atoms with Crippen molar-refractivity contribution in [2.75, 3.05) is 6.61 Å².